The molecule has 2 bridgehead atoms. The van der Waals surface area contributed by atoms with Gasteiger partial charge in [0.25, 0.3) is 5.91 Å². The van der Waals surface area contributed by atoms with E-state index in [-0.39, 0.29) is 5.91 Å². The molecule has 1 N–H and O–H groups in total. The third-order valence-corrected chi connectivity index (χ3v) is 5.70. The average molecular weight is 328 g/mol. The molecule has 0 unspecified atom stereocenters. The molecule has 4 nitrogen and oxygen atoms in total. The zero-order chi connectivity index (χ0) is 15.6. The van der Waals surface area contributed by atoms with E-state index in [1.54, 1.807) is 0 Å². The number of carbonyl (C=O) groups excluding carboxylic acids is 1. The molecule has 0 radical (unpaired) electrons. The van der Waals surface area contributed by atoms with Crippen molar-refractivity contribution in [3.05, 3.63) is 47.3 Å². The molecule has 1 atom stereocenters. The Morgan fingerprint density at radius 1 is 1.13 bits per heavy atom. The molecule has 120 valence electrons. The highest BCUT2D eigenvalue weighted by Crippen LogP contribution is 2.31. The summed E-state index contributed by atoms with van der Waals surface area (Å²) in [6.07, 6.45) is 2.41. The van der Waals surface area contributed by atoms with Crippen LogP contribution in [-0.4, -0.2) is 36.5 Å². The van der Waals surface area contributed by atoms with Crippen LogP contribution in [0.5, 0.6) is 10.8 Å². The SMILES string of the molecule is O=C(N[C@H]1CN2CCC1CC2)c1ccc(Oc2ccccc2)s1. The van der Waals surface area contributed by atoms with Crippen molar-refractivity contribution >= 4 is 17.2 Å². The topological polar surface area (TPSA) is 41.6 Å². The van der Waals surface area contributed by atoms with E-state index in [2.05, 4.69) is 10.2 Å². The molecule has 1 amide bonds. The molecule has 0 spiro atoms. The van der Waals surface area contributed by atoms with Gasteiger partial charge in [-0.15, -0.1) is 0 Å². The summed E-state index contributed by atoms with van der Waals surface area (Å²) in [5.41, 5.74) is 0. The van der Waals surface area contributed by atoms with Crippen LogP contribution in [0.3, 0.4) is 0 Å². The molecular weight excluding hydrogens is 308 g/mol. The van der Waals surface area contributed by atoms with E-state index in [9.17, 15) is 4.79 Å². The Bertz CT molecular complexity index is 677. The van der Waals surface area contributed by atoms with E-state index < -0.39 is 0 Å². The van der Waals surface area contributed by atoms with Crippen molar-refractivity contribution in [2.24, 2.45) is 5.92 Å². The number of nitrogens with zero attached hydrogens (tertiary/aromatic N) is 1. The number of ether oxygens (including phenoxy) is 1. The number of fused-ring (bicyclic) bond motifs is 3. The predicted molar refractivity (Wildman–Crippen MR) is 91.3 cm³/mol. The second kappa shape index (κ2) is 6.34. The van der Waals surface area contributed by atoms with Crippen molar-refractivity contribution in [3.8, 4) is 10.8 Å². The molecule has 23 heavy (non-hydrogen) atoms. The molecule has 3 saturated heterocycles. The first-order valence-electron chi connectivity index (χ1n) is 8.14. The number of para-hydroxylation sites is 1. The fourth-order valence-electron chi connectivity index (χ4n) is 3.47. The van der Waals surface area contributed by atoms with E-state index >= 15 is 0 Å². The Morgan fingerprint density at radius 3 is 2.61 bits per heavy atom. The molecule has 2 aromatic rings. The molecule has 3 aliphatic heterocycles. The number of thiophene rings is 1. The van der Waals surface area contributed by atoms with Gasteiger partial charge in [0.1, 0.15) is 5.75 Å². The van der Waals surface area contributed by atoms with Crippen LogP contribution < -0.4 is 10.1 Å². The molecular formula is C18H20N2O2S. The number of piperidine rings is 3. The second-order valence-corrected chi connectivity index (χ2v) is 7.30. The Morgan fingerprint density at radius 2 is 1.91 bits per heavy atom. The van der Waals surface area contributed by atoms with Gasteiger partial charge in [-0.1, -0.05) is 29.5 Å². The fraction of sp³-hybridized carbons (Fsp3) is 0.389. The van der Waals surface area contributed by atoms with Crippen molar-refractivity contribution in [2.75, 3.05) is 19.6 Å². The van der Waals surface area contributed by atoms with Crippen molar-refractivity contribution < 1.29 is 9.53 Å². The molecule has 1 aromatic carbocycles. The van der Waals surface area contributed by atoms with Gasteiger partial charge in [-0.3, -0.25) is 4.79 Å². The summed E-state index contributed by atoms with van der Waals surface area (Å²) in [6.45, 7) is 3.37. The minimum Gasteiger partial charge on any atom is -0.447 e. The molecule has 3 fully saturated rings. The zero-order valence-electron chi connectivity index (χ0n) is 12.9. The van der Waals surface area contributed by atoms with Crippen LogP contribution in [-0.2, 0) is 0 Å². The summed E-state index contributed by atoms with van der Waals surface area (Å²) in [5, 5.41) is 3.96. The van der Waals surface area contributed by atoms with Crippen LogP contribution in [0, 0.1) is 5.92 Å². The van der Waals surface area contributed by atoms with E-state index in [1.807, 2.05) is 42.5 Å². The quantitative estimate of drug-likeness (QED) is 0.936. The van der Waals surface area contributed by atoms with Crippen molar-refractivity contribution in [1.82, 2.24) is 10.2 Å². The van der Waals surface area contributed by atoms with Crippen LogP contribution in [0.1, 0.15) is 22.5 Å². The van der Waals surface area contributed by atoms with Crippen LogP contribution in [0.15, 0.2) is 42.5 Å². The highest BCUT2D eigenvalue weighted by Gasteiger charge is 2.35. The summed E-state index contributed by atoms with van der Waals surface area (Å²) < 4.78 is 5.78. The fourth-order valence-corrected chi connectivity index (χ4v) is 4.25. The predicted octanol–water partition coefficient (Wildman–Crippen LogP) is 3.36. The van der Waals surface area contributed by atoms with Gasteiger partial charge in [-0.25, -0.2) is 0 Å². The molecule has 4 heterocycles. The Kier molecular flexibility index (Phi) is 4.06. The highest BCUT2D eigenvalue weighted by atomic mass is 32.1. The van der Waals surface area contributed by atoms with Gasteiger partial charge in [0.05, 0.1) is 4.88 Å². The number of amides is 1. The first-order chi connectivity index (χ1) is 11.3. The number of hydrogen-bond acceptors (Lipinski definition) is 4. The normalized spacial score (nSPS) is 26.0. The van der Waals surface area contributed by atoms with E-state index in [4.69, 9.17) is 4.74 Å². The summed E-state index contributed by atoms with van der Waals surface area (Å²) in [5.74, 6) is 1.46. The molecule has 0 saturated carbocycles. The molecule has 1 aromatic heterocycles. The minimum absolute atomic E-state index is 0.0247. The van der Waals surface area contributed by atoms with Crippen molar-refractivity contribution in [3.63, 3.8) is 0 Å². The standard InChI is InChI=1S/C18H20N2O2S/c21-18(19-15-12-20-10-8-13(15)9-11-20)16-6-7-17(23-16)22-14-4-2-1-3-5-14/h1-7,13,15H,8-12H2,(H,19,21)/t15-/m0/s1. The van der Waals surface area contributed by atoms with Crippen LogP contribution in [0.25, 0.3) is 0 Å². The van der Waals surface area contributed by atoms with Gasteiger partial charge >= 0.3 is 0 Å². The Labute approximate surface area is 140 Å². The lowest BCUT2D eigenvalue weighted by atomic mass is 9.84. The Hall–Kier alpha value is -1.85. The number of carbonyl (C=O) groups is 1. The maximum absolute atomic E-state index is 12.5. The molecule has 5 heteroatoms. The lowest BCUT2D eigenvalue weighted by molar-refractivity contribution is 0.0622. The van der Waals surface area contributed by atoms with Crippen LogP contribution >= 0.6 is 11.3 Å². The maximum Gasteiger partial charge on any atom is 0.261 e. The highest BCUT2D eigenvalue weighted by molar-refractivity contribution is 7.15. The largest absolute Gasteiger partial charge is 0.447 e. The number of rotatable bonds is 4. The van der Waals surface area contributed by atoms with E-state index in [0.717, 1.165) is 17.4 Å². The van der Waals surface area contributed by atoms with Crippen LogP contribution in [0.2, 0.25) is 0 Å². The monoisotopic (exact) mass is 328 g/mol. The van der Waals surface area contributed by atoms with E-state index in [0.29, 0.717) is 16.8 Å². The first-order valence-corrected chi connectivity index (χ1v) is 8.95. The lowest BCUT2D eigenvalue weighted by Crippen LogP contribution is -2.57. The van der Waals surface area contributed by atoms with Gasteiger partial charge < -0.3 is 15.0 Å². The van der Waals surface area contributed by atoms with Gasteiger partial charge in [0.2, 0.25) is 0 Å². The summed E-state index contributed by atoms with van der Waals surface area (Å²) >= 11 is 1.40. The number of nitrogens with one attached hydrogen (secondary N) is 1. The molecule has 0 aliphatic carbocycles. The van der Waals surface area contributed by atoms with Crippen LogP contribution in [0.4, 0.5) is 0 Å². The third kappa shape index (κ3) is 3.26. The van der Waals surface area contributed by atoms with Crippen molar-refractivity contribution in [1.29, 1.82) is 0 Å². The number of benzene rings is 1. The van der Waals surface area contributed by atoms with Gasteiger partial charge in [-0.2, -0.15) is 0 Å². The second-order valence-electron chi connectivity index (χ2n) is 6.25. The summed E-state index contributed by atoms with van der Waals surface area (Å²) in [6, 6.07) is 13.6. The van der Waals surface area contributed by atoms with Crippen molar-refractivity contribution in [2.45, 2.75) is 18.9 Å². The first kappa shape index (κ1) is 14.7. The Balaban J connectivity index is 1.39. The molecule has 5 rings (SSSR count). The smallest absolute Gasteiger partial charge is 0.261 e. The minimum atomic E-state index is 0.0247. The van der Waals surface area contributed by atoms with Gasteiger partial charge in [-0.05, 0) is 56.1 Å². The maximum atomic E-state index is 12.5. The molecule has 3 aliphatic rings. The summed E-state index contributed by atoms with van der Waals surface area (Å²) in [7, 11) is 0. The van der Waals surface area contributed by atoms with Gasteiger partial charge in [0.15, 0.2) is 5.06 Å². The van der Waals surface area contributed by atoms with E-state index in [1.165, 1.54) is 37.3 Å². The number of hydrogen-bond donors (Lipinski definition) is 1. The summed E-state index contributed by atoms with van der Waals surface area (Å²) in [4.78, 5) is 15.6. The third-order valence-electron chi connectivity index (χ3n) is 4.74. The zero-order valence-corrected chi connectivity index (χ0v) is 13.7. The van der Waals surface area contributed by atoms with Gasteiger partial charge in [0, 0.05) is 12.6 Å². The average Bonchev–Trinajstić information content (AvgIpc) is 3.05. The lowest BCUT2D eigenvalue weighted by Gasteiger charge is -2.44.